The first-order chi connectivity index (χ1) is 62.1. The number of methoxy groups -OCH3 is 4. The van der Waals surface area contributed by atoms with Crippen molar-refractivity contribution in [1.82, 2.24) is 51.0 Å². The summed E-state index contributed by atoms with van der Waals surface area (Å²) in [6, 6.07) is 12.2. The number of halogens is 3. The average molecular weight is 1970 g/mol. The fraction of sp³-hybridized carbons (Fsp3) is 0.565. The van der Waals surface area contributed by atoms with E-state index in [1.807, 2.05) is 66.2 Å². The molecule has 0 spiro atoms. The van der Waals surface area contributed by atoms with Crippen molar-refractivity contribution in [2.75, 3.05) is 78.6 Å². The second-order valence-corrected chi connectivity index (χ2v) is 42.4. The monoisotopic (exact) mass is 1970 g/mol. The number of esters is 2. The van der Waals surface area contributed by atoms with E-state index in [2.05, 4.69) is 64.4 Å². The second-order valence-electron chi connectivity index (χ2n) is 37.5. The van der Waals surface area contributed by atoms with Crippen LogP contribution in [-0.2, 0) is 71.5 Å². The Kier molecular flexibility index (Phi) is 31.1. The molecule has 4 aromatic heterocycles. The molecule has 3 aromatic carbocycles. The van der Waals surface area contributed by atoms with Gasteiger partial charge in [0.1, 0.15) is 99.8 Å². The Morgan fingerprint density at radius 3 is 1.58 bits per heavy atom. The van der Waals surface area contributed by atoms with E-state index in [0.717, 1.165) is 35.9 Å². The van der Waals surface area contributed by atoms with Crippen molar-refractivity contribution in [3.8, 4) is 40.0 Å². The maximum atomic E-state index is 14.8. The van der Waals surface area contributed by atoms with Crippen molar-refractivity contribution < 1.29 is 93.6 Å². The third-order valence-electron chi connectivity index (χ3n) is 25.0. The summed E-state index contributed by atoms with van der Waals surface area (Å²) in [5.41, 5.74) is -0.885. The SMILES string of the molecule is C=C[C@@H]1CC1(NC(=O)[C@@H]1C[C@@H](Oc2cc(-c3csc(NC(C)C)n3)nc3c(Cl)c(OCCOC)ccc23)CN1C(=O)[C@@H](NC(=O)OC1C[C@@H]2C[C@@H]2C1)C(C)(C)C)C(=O)OC.CC[C@@H]1CC1(NC(=O)[C@@H]1C[C@@H](OS(=O)(=O)c2ccc(Br)cc2)CN1C(=O)[C@@H](NC(=O)OC1C[C@@H]2C[C@@H]2C1)C(C)(C)C)C(=O)OC.COCCOc1ccc2c(=O)cc(-c3csc(NC(C)C)n3)[nH]c2c1Cl. The number of anilines is 2. The van der Waals surface area contributed by atoms with Crippen LogP contribution in [0.5, 0.6) is 17.2 Å². The minimum atomic E-state index is -4.25. The molecule has 2 aliphatic heterocycles. The van der Waals surface area contributed by atoms with Gasteiger partial charge in [-0.25, -0.2) is 34.1 Å². The second kappa shape index (κ2) is 41.2. The standard InChI is InChI=1S/C43H55ClN6O9S.C31H42BrN3O9S.C18H20ClN3O3S/c1-9-25-19-43(25,39(53)56-8)49-37(51)31-17-27(20-50(31)38(52)36(42(4,5)6)48-41(54)59-26-15-23-14-24(23)16-26)58-33-18-29(30-21-60-40(47-30)45-22(2)3)46-35-28(33)10-11-32(34(35)44)57-13-12-55-7;1-6-19-15-31(19,28(38)42-5)34-26(36)24-14-22(44-45(40,41)23-9-7-20(32)8-10-23)16-35(24)27(37)25(30(2,3)4)33-29(39)43-21-12-17-11-18(17)13-21;1-10(2)20-18-22-13(9-26-18)12-8-14(23)11-4-5-15(25-7-6-24-3)16(19)17(11)21-12/h9-11,18,21-27,31,36H,1,12-17,19-20H2,2-8H3,(H,45,47)(H,48,54)(H,49,51);7-10,17-19,21-22,24-25H,6,11-16H2,1-5H3,(H,33,39)(H,34,36);4-5,8-10H,6-7H2,1-3H3,(H,20,22)(H,21,23)/t23-,24+,25-,26?,27-,31+,36-,43?;17-,18+,19-,21?,22-,24+,25-,31?;/m11./s1. The number of ether oxygens (including phenoxy) is 9. The highest BCUT2D eigenvalue weighted by atomic mass is 79.9. The number of pyridine rings is 2. The predicted octanol–water partition coefficient (Wildman–Crippen LogP) is 14.1. The third-order valence-corrected chi connectivity index (χ3v) is 29.1. The number of carbonyl (C=O) groups excluding carboxylic acids is 8. The van der Waals surface area contributed by atoms with E-state index < -0.39 is 116 Å². The number of benzene rings is 3. The number of nitrogens with one attached hydrogen (secondary N) is 7. The molecule has 7 N–H and O–H groups in total. The first kappa shape index (κ1) is 99.0. The van der Waals surface area contributed by atoms with Crippen molar-refractivity contribution in [3.05, 3.63) is 109 Å². The number of thiazole rings is 2. The van der Waals surface area contributed by atoms with Gasteiger partial charge in [-0.15, -0.1) is 29.3 Å². The topological polar surface area (TPSA) is 413 Å². The van der Waals surface area contributed by atoms with Crippen molar-refractivity contribution in [2.24, 2.45) is 46.3 Å². The van der Waals surface area contributed by atoms with Gasteiger partial charge in [-0.3, -0.25) is 28.2 Å². The largest absolute Gasteiger partial charge is 0.490 e. The zero-order valence-corrected chi connectivity index (χ0v) is 81.7. The Hall–Kier alpha value is -9.47. The Bertz CT molecular complexity index is 5580. The number of carbonyl (C=O) groups is 8. The zero-order chi connectivity index (χ0) is 94.7. The van der Waals surface area contributed by atoms with Crippen LogP contribution in [0.4, 0.5) is 19.9 Å². The minimum absolute atomic E-state index is 0.0213. The van der Waals surface area contributed by atoms with E-state index in [1.165, 1.54) is 71.7 Å². The van der Waals surface area contributed by atoms with Crippen LogP contribution in [0.3, 0.4) is 0 Å². The highest BCUT2D eigenvalue weighted by molar-refractivity contribution is 9.10. The summed E-state index contributed by atoms with van der Waals surface area (Å²) >= 11 is 19.6. The van der Waals surface area contributed by atoms with Crippen LogP contribution in [0.15, 0.2) is 98.2 Å². The van der Waals surface area contributed by atoms with Crippen LogP contribution in [-0.4, -0.2) is 226 Å². The van der Waals surface area contributed by atoms with Gasteiger partial charge in [0, 0.05) is 89.7 Å². The molecular weight excluding hydrogens is 1860 g/mol. The molecule has 2 saturated heterocycles. The Labute approximate surface area is 788 Å². The number of aromatic amines is 1. The van der Waals surface area contributed by atoms with Crippen LogP contribution < -0.4 is 51.5 Å². The molecule has 15 rings (SSSR count). The van der Waals surface area contributed by atoms with Crippen LogP contribution in [0, 0.1) is 46.3 Å². The Balaban J connectivity index is 0.000000180. The summed E-state index contributed by atoms with van der Waals surface area (Å²) in [4.78, 5) is 142. The van der Waals surface area contributed by atoms with E-state index in [0.29, 0.717) is 134 Å². The van der Waals surface area contributed by atoms with E-state index in [4.69, 9.17) is 80.0 Å². The van der Waals surface area contributed by atoms with Crippen LogP contribution in [0.2, 0.25) is 10.0 Å². The first-order valence-corrected chi connectivity index (χ1v) is 48.8. The summed E-state index contributed by atoms with van der Waals surface area (Å²) in [7, 11) is 1.45. The number of H-pyrrole nitrogens is 1. The van der Waals surface area contributed by atoms with Gasteiger partial charge in [0.2, 0.25) is 23.6 Å². The van der Waals surface area contributed by atoms with Gasteiger partial charge in [0.15, 0.2) is 15.7 Å². The van der Waals surface area contributed by atoms with Gasteiger partial charge in [-0.05, 0) is 168 Å². The van der Waals surface area contributed by atoms with Gasteiger partial charge >= 0.3 is 24.1 Å². The molecule has 4 unspecified atom stereocenters. The molecule has 16 atom stereocenters. The zero-order valence-electron chi connectivity index (χ0n) is 76.1. The number of rotatable bonds is 33. The number of alkyl carbamates (subject to hydrolysis) is 2. The number of aromatic nitrogens is 4. The summed E-state index contributed by atoms with van der Waals surface area (Å²) in [6.07, 6.45) is 4.89. The average Bonchev–Trinajstić information content (AvgIpc) is 1.59. The van der Waals surface area contributed by atoms with Gasteiger partial charge in [-0.1, -0.05) is 100 Å². The lowest BCUT2D eigenvalue weighted by Crippen LogP contribution is -2.59. The normalized spacial score (nSPS) is 24.8. The van der Waals surface area contributed by atoms with Crippen molar-refractivity contribution in [1.29, 1.82) is 0 Å². The van der Waals surface area contributed by atoms with Gasteiger partial charge < -0.3 is 89.3 Å². The summed E-state index contributed by atoms with van der Waals surface area (Å²) in [5.74, 6) is -0.197. The Morgan fingerprint density at radius 2 is 1.09 bits per heavy atom. The first-order valence-electron chi connectivity index (χ1n) is 44.1. The number of nitrogens with zero attached hydrogens (tertiary/aromatic N) is 5. The quantitative estimate of drug-likeness (QED) is 0.00660. The number of fused-ring (bicyclic) bond motifs is 4. The molecule has 0 radical (unpaired) electrons. The lowest BCUT2D eigenvalue weighted by atomic mass is 9.85. The van der Waals surface area contributed by atoms with E-state index in [-0.39, 0.29) is 84.0 Å². The fourth-order valence-corrected chi connectivity index (χ4v) is 21.3. The number of hydrogen-bond donors (Lipinski definition) is 7. The highest BCUT2D eigenvalue weighted by Gasteiger charge is 2.64. The lowest BCUT2D eigenvalue weighted by molar-refractivity contribution is -0.149. The number of amides is 6. The summed E-state index contributed by atoms with van der Waals surface area (Å²) in [6.45, 7) is 25.9. The van der Waals surface area contributed by atoms with Crippen molar-refractivity contribution >= 4 is 152 Å². The highest BCUT2D eigenvalue weighted by Crippen LogP contribution is 2.54. The smallest absolute Gasteiger partial charge is 0.408 e. The molecule has 131 heavy (non-hydrogen) atoms. The fourth-order valence-electron chi connectivity index (χ4n) is 17.7. The molecule has 8 aliphatic rings. The molecule has 0 bridgehead atoms. The summed E-state index contributed by atoms with van der Waals surface area (Å²) < 4.78 is 82.5. The molecule has 7 aromatic rings. The van der Waals surface area contributed by atoms with E-state index >= 15 is 0 Å². The molecule has 6 aliphatic carbocycles. The van der Waals surface area contributed by atoms with E-state index in [1.54, 1.807) is 89.6 Å². The van der Waals surface area contributed by atoms with Gasteiger partial charge in [-0.2, -0.15) is 8.42 Å². The molecule has 33 nitrogen and oxygen atoms in total. The molecule has 6 heterocycles. The van der Waals surface area contributed by atoms with Crippen molar-refractivity contribution in [3.63, 3.8) is 0 Å². The van der Waals surface area contributed by atoms with E-state index in [9.17, 15) is 51.6 Å². The Morgan fingerprint density at radius 1 is 0.603 bits per heavy atom. The third kappa shape index (κ3) is 23.3. The molecule has 8 fully saturated rings. The molecule has 6 saturated carbocycles. The molecule has 6 amide bonds. The maximum Gasteiger partial charge on any atom is 0.408 e. The van der Waals surface area contributed by atoms with Crippen LogP contribution >= 0.6 is 61.8 Å². The van der Waals surface area contributed by atoms with Crippen LogP contribution in [0.1, 0.15) is 147 Å². The lowest BCUT2D eigenvalue weighted by Gasteiger charge is -2.35. The minimum Gasteiger partial charge on any atom is -0.490 e. The molecular formula is C92H117BrCl2N12O21S3. The van der Waals surface area contributed by atoms with Crippen LogP contribution in [0.25, 0.3) is 44.6 Å². The molecule has 39 heteroatoms. The number of likely N-dealkylation sites (tertiary alicyclic amines) is 2. The maximum absolute atomic E-state index is 14.8. The summed E-state index contributed by atoms with van der Waals surface area (Å²) in [5, 5.41) is 24.9. The van der Waals surface area contributed by atoms with Gasteiger partial charge in [0.05, 0.1) is 73.1 Å². The van der Waals surface area contributed by atoms with Gasteiger partial charge in [0.25, 0.3) is 10.1 Å². The number of hydrogen-bond acceptors (Lipinski definition) is 28. The molecule has 710 valence electrons. The predicted molar refractivity (Wildman–Crippen MR) is 499 cm³/mol. The van der Waals surface area contributed by atoms with Crippen molar-refractivity contribution in [2.45, 2.75) is 223 Å².